The standard InChI is InChI=1S/C15H31N/c1-5-8-10-12-16(13-11-9-6-2)14-15(4)7-3/h14H,5-13H2,1-4H3/b15-14+. The van der Waals surface area contributed by atoms with Crippen LogP contribution in [-0.2, 0) is 0 Å². The molecule has 0 heterocycles. The smallest absolute Gasteiger partial charge is 0.0172 e. The van der Waals surface area contributed by atoms with Crippen molar-refractivity contribution in [1.82, 2.24) is 4.90 Å². The van der Waals surface area contributed by atoms with Crippen LogP contribution in [0.5, 0.6) is 0 Å². The summed E-state index contributed by atoms with van der Waals surface area (Å²) in [5.74, 6) is 0. The van der Waals surface area contributed by atoms with Crippen molar-refractivity contribution in [1.29, 1.82) is 0 Å². The second kappa shape index (κ2) is 11.0. The molecule has 0 aliphatic heterocycles. The van der Waals surface area contributed by atoms with Gasteiger partial charge in [0, 0.05) is 13.1 Å². The van der Waals surface area contributed by atoms with Crippen molar-refractivity contribution < 1.29 is 0 Å². The maximum absolute atomic E-state index is 2.53. The third kappa shape index (κ3) is 8.82. The van der Waals surface area contributed by atoms with Gasteiger partial charge >= 0.3 is 0 Å². The molecule has 0 unspecified atom stereocenters. The van der Waals surface area contributed by atoms with Crippen LogP contribution < -0.4 is 0 Å². The molecule has 96 valence electrons. The topological polar surface area (TPSA) is 3.24 Å². The zero-order valence-corrected chi connectivity index (χ0v) is 11.9. The van der Waals surface area contributed by atoms with Crippen LogP contribution in [0, 0.1) is 0 Å². The number of rotatable bonds is 10. The molecule has 0 rings (SSSR count). The molecule has 0 aromatic heterocycles. The highest BCUT2D eigenvalue weighted by atomic mass is 15.1. The molecule has 0 saturated carbocycles. The Morgan fingerprint density at radius 2 is 1.38 bits per heavy atom. The lowest BCUT2D eigenvalue weighted by Crippen LogP contribution is -2.20. The van der Waals surface area contributed by atoms with Crippen LogP contribution in [0.2, 0.25) is 0 Å². The lowest BCUT2D eigenvalue weighted by Gasteiger charge is -2.21. The summed E-state index contributed by atoms with van der Waals surface area (Å²) in [6, 6.07) is 0. The van der Waals surface area contributed by atoms with Crippen LogP contribution in [0.25, 0.3) is 0 Å². The minimum atomic E-state index is 1.18. The Morgan fingerprint density at radius 1 is 0.875 bits per heavy atom. The van der Waals surface area contributed by atoms with Crippen molar-refractivity contribution in [2.75, 3.05) is 13.1 Å². The molecule has 0 N–H and O–H groups in total. The fraction of sp³-hybridized carbons (Fsp3) is 0.867. The van der Waals surface area contributed by atoms with Crippen LogP contribution in [0.15, 0.2) is 11.8 Å². The number of hydrogen-bond donors (Lipinski definition) is 0. The average molecular weight is 225 g/mol. The normalized spacial score (nSPS) is 11.9. The molecule has 0 aliphatic rings. The first kappa shape index (κ1) is 15.5. The Bertz CT molecular complexity index is 162. The molecule has 0 aromatic rings. The molecular weight excluding hydrogens is 194 g/mol. The van der Waals surface area contributed by atoms with E-state index >= 15 is 0 Å². The van der Waals surface area contributed by atoms with Gasteiger partial charge in [-0.25, -0.2) is 0 Å². The average Bonchev–Trinajstić information content (AvgIpc) is 2.29. The van der Waals surface area contributed by atoms with E-state index in [1.807, 2.05) is 0 Å². The first-order valence-electron chi connectivity index (χ1n) is 7.15. The number of nitrogens with zero attached hydrogens (tertiary/aromatic N) is 1. The van der Waals surface area contributed by atoms with Crippen molar-refractivity contribution in [3.63, 3.8) is 0 Å². The second-order valence-corrected chi connectivity index (χ2v) is 4.78. The molecule has 0 spiro atoms. The van der Waals surface area contributed by atoms with Crippen molar-refractivity contribution >= 4 is 0 Å². The second-order valence-electron chi connectivity index (χ2n) is 4.78. The van der Waals surface area contributed by atoms with E-state index in [9.17, 15) is 0 Å². The Kier molecular flexibility index (Phi) is 10.7. The number of unbranched alkanes of at least 4 members (excludes halogenated alkanes) is 4. The Balaban J connectivity index is 3.95. The first-order valence-corrected chi connectivity index (χ1v) is 7.15. The van der Waals surface area contributed by atoms with Crippen LogP contribution >= 0.6 is 0 Å². The van der Waals surface area contributed by atoms with E-state index in [0.29, 0.717) is 0 Å². The van der Waals surface area contributed by atoms with Gasteiger partial charge in [0.05, 0.1) is 0 Å². The van der Waals surface area contributed by atoms with Crippen LogP contribution in [0.4, 0.5) is 0 Å². The van der Waals surface area contributed by atoms with E-state index in [1.165, 1.54) is 63.6 Å². The predicted molar refractivity (Wildman–Crippen MR) is 74.7 cm³/mol. The highest BCUT2D eigenvalue weighted by molar-refractivity contribution is 4.96. The zero-order chi connectivity index (χ0) is 12.2. The summed E-state index contributed by atoms with van der Waals surface area (Å²) in [6.07, 6.45) is 11.6. The van der Waals surface area contributed by atoms with Gasteiger partial charge in [0.15, 0.2) is 0 Å². The van der Waals surface area contributed by atoms with E-state index in [1.54, 1.807) is 0 Å². The molecule has 0 amide bonds. The fourth-order valence-electron chi connectivity index (χ4n) is 1.77. The molecule has 0 radical (unpaired) electrons. The number of hydrogen-bond acceptors (Lipinski definition) is 1. The van der Waals surface area contributed by atoms with Gasteiger partial charge in [-0.2, -0.15) is 0 Å². The predicted octanol–water partition coefficient (Wildman–Crippen LogP) is 4.98. The van der Waals surface area contributed by atoms with Crippen LogP contribution in [0.1, 0.15) is 72.6 Å². The van der Waals surface area contributed by atoms with E-state index in [0.717, 1.165) is 0 Å². The van der Waals surface area contributed by atoms with Gasteiger partial charge in [0.1, 0.15) is 0 Å². The highest BCUT2D eigenvalue weighted by Gasteiger charge is 2.00. The summed E-state index contributed by atoms with van der Waals surface area (Å²) in [6.45, 7) is 11.5. The largest absolute Gasteiger partial charge is 0.377 e. The third-order valence-electron chi connectivity index (χ3n) is 3.06. The Hall–Kier alpha value is -0.460. The van der Waals surface area contributed by atoms with E-state index < -0.39 is 0 Å². The fourth-order valence-corrected chi connectivity index (χ4v) is 1.77. The molecule has 0 aromatic carbocycles. The maximum atomic E-state index is 2.53. The Morgan fingerprint density at radius 3 is 1.75 bits per heavy atom. The molecule has 0 fully saturated rings. The van der Waals surface area contributed by atoms with Gasteiger partial charge < -0.3 is 4.90 Å². The van der Waals surface area contributed by atoms with Gasteiger partial charge in [0.2, 0.25) is 0 Å². The zero-order valence-electron chi connectivity index (χ0n) is 11.9. The first-order chi connectivity index (χ1) is 7.74. The van der Waals surface area contributed by atoms with E-state index in [4.69, 9.17) is 0 Å². The number of allylic oxidation sites excluding steroid dienone is 1. The van der Waals surface area contributed by atoms with Crippen LogP contribution in [0.3, 0.4) is 0 Å². The minimum Gasteiger partial charge on any atom is -0.377 e. The minimum absolute atomic E-state index is 1.18. The highest BCUT2D eigenvalue weighted by Crippen LogP contribution is 2.07. The van der Waals surface area contributed by atoms with E-state index in [2.05, 4.69) is 38.8 Å². The maximum Gasteiger partial charge on any atom is 0.0172 e. The summed E-state index contributed by atoms with van der Waals surface area (Å²) < 4.78 is 0. The molecule has 16 heavy (non-hydrogen) atoms. The molecule has 1 heteroatoms. The van der Waals surface area contributed by atoms with Gasteiger partial charge in [-0.3, -0.25) is 0 Å². The third-order valence-corrected chi connectivity index (χ3v) is 3.06. The summed E-state index contributed by atoms with van der Waals surface area (Å²) in [7, 11) is 0. The van der Waals surface area contributed by atoms with Crippen LogP contribution in [-0.4, -0.2) is 18.0 Å². The molecule has 0 aliphatic carbocycles. The molecule has 0 saturated heterocycles. The summed E-state index contributed by atoms with van der Waals surface area (Å²) >= 11 is 0. The molecule has 0 atom stereocenters. The van der Waals surface area contributed by atoms with E-state index in [-0.39, 0.29) is 0 Å². The molecule has 0 bridgehead atoms. The summed E-state index contributed by atoms with van der Waals surface area (Å²) in [5.41, 5.74) is 1.51. The summed E-state index contributed by atoms with van der Waals surface area (Å²) in [4.78, 5) is 2.53. The lowest BCUT2D eigenvalue weighted by atomic mass is 10.2. The van der Waals surface area contributed by atoms with Crippen molar-refractivity contribution in [3.05, 3.63) is 11.8 Å². The Labute approximate surface area is 103 Å². The van der Waals surface area contributed by atoms with Crippen molar-refractivity contribution in [3.8, 4) is 0 Å². The van der Waals surface area contributed by atoms with Gasteiger partial charge in [0.25, 0.3) is 0 Å². The monoisotopic (exact) mass is 225 g/mol. The van der Waals surface area contributed by atoms with Crippen molar-refractivity contribution in [2.24, 2.45) is 0 Å². The van der Waals surface area contributed by atoms with Crippen molar-refractivity contribution in [2.45, 2.75) is 72.6 Å². The SMILES string of the molecule is CCCCCN(/C=C(\C)CC)CCCCC. The lowest BCUT2D eigenvalue weighted by molar-refractivity contribution is 0.351. The van der Waals surface area contributed by atoms with Gasteiger partial charge in [-0.15, -0.1) is 0 Å². The van der Waals surface area contributed by atoms with Gasteiger partial charge in [-0.05, 0) is 32.4 Å². The molecular formula is C15H31N. The molecule has 1 nitrogen and oxygen atoms in total. The van der Waals surface area contributed by atoms with Gasteiger partial charge in [-0.1, -0.05) is 52.0 Å². The summed E-state index contributed by atoms with van der Waals surface area (Å²) in [5, 5.41) is 0. The quantitative estimate of drug-likeness (QED) is 0.474.